The monoisotopic (exact) mass is 321 g/mol. The van der Waals surface area contributed by atoms with Crippen molar-refractivity contribution in [2.45, 2.75) is 72.2 Å². The third-order valence-corrected chi connectivity index (χ3v) is 3.57. The van der Waals surface area contributed by atoms with Gasteiger partial charge in [0.25, 0.3) is 6.43 Å². The molecule has 1 N–H and O–H groups in total. The summed E-state index contributed by atoms with van der Waals surface area (Å²) in [5.41, 5.74) is 0.173. The lowest BCUT2D eigenvalue weighted by molar-refractivity contribution is 0.148. The van der Waals surface area contributed by atoms with Crippen LogP contribution in [-0.4, -0.2) is 9.75 Å². The Kier molecular flexibility index (Phi) is 11.6. The summed E-state index contributed by atoms with van der Waals surface area (Å²) in [4.78, 5) is 0.153. The van der Waals surface area contributed by atoms with Crippen molar-refractivity contribution in [1.29, 1.82) is 0 Å². The predicted molar refractivity (Wildman–Crippen MR) is 88.1 cm³/mol. The van der Waals surface area contributed by atoms with Gasteiger partial charge < -0.3 is 0 Å². The average Bonchev–Trinajstić information content (AvgIpc) is 2.41. The largest absolute Gasteiger partial charge is 0.265 e. The lowest BCUT2D eigenvalue weighted by Crippen LogP contribution is -2.37. The first-order valence-corrected chi connectivity index (χ1v) is 8.44. The normalized spacial score (nSPS) is 12.0. The maximum Gasteiger partial charge on any atom is 0.265 e. The van der Waals surface area contributed by atoms with Gasteiger partial charge in [0.05, 0.1) is 4.90 Å². The van der Waals surface area contributed by atoms with Crippen molar-refractivity contribution < 1.29 is 13.0 Å². The van der Waals surface area contributed by atoms with Gasteiger partial charge in [-0.2, -0.15) is 0 Å². The maximum atomic E-state index is 12.8. The van der Waals surface area contributed by atoms with Crippen LogP contribution in [0.1, 0.15) is 66.0 Å². The fourth-order valence-corrected chi connectivity index (χ4v) is 2.56. The van der Waals surface area contributed by atoms with Crippen LogP contribution in [-0.2, 0) is 11.0 Å². The van der Waals surface area contributed by atoms with Crippen molar-refractivity contribution in [2.24, 2.45) is 0 Å². The average molecular weight is 321 g/mol. The minimum absolute atomic E-state index is 0.153. The molecule has 124 valence electrons. The number of hydrogen-bond acceptors (Lipinski definition) is 1. The molecule has 0 heterocycles. The Morgan fingerprint density at radius 1 is 1.10 bits per heavy atom. The van der Waals surface area contributed by atoms with Crippen LogP contribution < -0.4 is 4.72 Å². The van der Waals surface area contributed by atoms with Crippen LogP contribution in [0.3, 0.4) is 0 Å². The third kappa shape index (κ3) is 8.94. The Morgan fingerprint density at radius 3 is 1.95 bits per heavy atom. The van der Waals surface area contributed by atoms with Gasteiger partial charge in [0.2, 0.25) is 0 Å². The first-order chi connectivity index (χ1) is 9.70. The summed E-state index contributed by atoms with van der Waals surface area (Å²) in [5, 5.41) is 0. The molecule has 1 aromatic rings. The maximum absolute atomic E-state index is 12.8. The summed E-state index contributed by atoms with van der Waals surface area (Å²) in [6, 6.07) is 4.55. The van der Waals surface area contributed by atoms with E-state index in [1.165, 1.54) is 12.1 Å². The Balaban J connectivity index is 0. The molecular formula is C16H29F2NOS. The molecule has 0 aromatic heterocycles. The third-order valence-electron chi connectivity index (χ3n) is 2.00. The summed E-state index contributed by atoms with van der Waals surface area (Å²) in [6.07, 6.45) is -2.62. The van der Waals surface area contributed by atoms with Gasteiger partial charge in [0.15, 0.2) is 0 Å². The van der Waals surface area contributed by atoms with Crippen LogP contribution in [0.4, 0.5) is 8.78 Å². The molecule has 0 amide bonds. The number of rotatable bonds is 3. The molecule has 1 atom stereocenters. The van der Waals surface area contributed by atoms with Crippen molar-refractivity contribution in [2.75, 3.05) is 0 Å². The predicted octanol–water partition coefficient (Wildman–Crippen LogP) is 5.40. The van der Waals surface area contributed by atoms with Crippen LogP contribution in [0, 0.1) is 6.92 Å². The number of nitrogens with one attached hydrogen (secondary N) is 1. The second-order valence-electron chi connectivity index (χ2n) is 4.96. The molecule has 0 aliphatic rings. The van der Waals surface area contributed by atoms with Gasteiger partial charge in [0.1, 0.15) is 11.0 Å². The zero-order valence-corrected chi connectivity index (χ0v) is 15.2. The van der Waals surface area contributed by atoms with E-state index in [0.29, 0.717) is 0 Å². The number of hydrogen-bond donors (Lipinski definition) is 1. The van der Waals surface area contributed by atoms with E-state index in [0.717, 1.165) is 5.56 Å². The van der Waals surface area contributed by atoms with E-state index >= 15 is 0 Å². The van der Waals surface area contributed by atoms with E-state index in [4.69, 9.17) is 0 Å². The van der Waals surface area contributed by atoms with Crippen LogP contribution in [0.25, 0.3) is 0 Å². The second kappa shape index (κ2) is 10.9. The summed E-state index contributed by atoms with van der Waals surface area (Å²) in [7, 11) is -1.62. The number of halogens is 2. The van der Waals surface area contributed by atoms with E-state index in [2.05, 4.69) is 4.72 Å². The molecular weight excluding hydrogens is 292 g/mol. The minimum atomic E-state index is -2.62. The van der Waals surface area contributed by atoms with E-state index in [-0.39, 0.29) is 10.5 Å². The zero-order chi connectivity index (χ0) is 17.2. The Hall–Kier alpha value is -0.810. The minimum Gasteiger partial charge on any atom is -0.237 e. The summed E-state index contributed by atoms with van der Waals surface area (Å²) < 4.78 is 40.4. The molecule has 2 nitrogen and oxygen atoms in total. The molecule has 0 saturated carbocycles. The van der Waals surface area contributed by atoms with Crippen molar-refractivity contribution >= 4 is 11.0 Å². The molecule has 0 spiro atoms. The summed E-state index contributed by atoms with van der Waals surface area (Å²) >= 11 is 0. The van der Waals surface area contributed by atoms with Crippen LogP contribution in [0.2, 0.25) is 0 Å². The molecule has 0 saturated heterocycles. The van der Waals surface area contributed by atoms with Crippen molar-refractivity contribution in [1.82, 2.24) is 4.72 Å². The molecule has 1 rings (SSSR count). The van der Waals surface area contributed by atoms with Crippen LogP contribution >= 0.6 is 0 Å². The van der Waals surface area contributed by atoms with E-state index < -0.39 is 22.9 Å². The highest BCUT2D eigenvalue weighted by Gasteiger charge is 2.21. The molecule has 0 aliphatic heterocycles. The Bertz CT molecular complexity index is 429. The van der Waals surface area contributed by atoms with Gasteiger partial charge in [-0.25, -0.2) is 17.7 Å². The topological polar surface area (TPSA) is 29.1 Å². The summed E-state index contributed by atoms with van der Waals surface area (Å²) in [6.45, 7) is 15.2. The molecule has 21 heavy (non-hydrogen) atoms. The standard InChI is InChI=1S/C12H17F2NOS.2C2H6/c1-8-5-6-10(9(7-8)11(13)14)17(16)15-12(2,3)4;2*1-2/h5-7,11,15H,1-4H3;2*1-2H3. The first kappa shape index (κ1) is 22.5. The molecule has 0 fully saturated rings. The van der Waals surface area contributed by atoms with E-state index in [9.17, 15) is 13.0 Å². The molecule has 1 unspecified atom stereocenters. The highest BCUT2D eigenvalue weighted by Crippen LogP contribution is 2.26. The smallest absolute Gasteiger partial charge is 0.237 e. The number of aryl methyl sites for hydroxylation is 1. The van der Waals surface area contributed by atoms with Gasteiger partial charge in [-0.1, -0.05) is 39.3 Å². The molecule has 0 aliphatic carbocycles. The molecule has 0 radical (unpaired) electrons. The quantitative estimate of drug-likeness (QED) is 0.794. The van der Waals surface area contributed by atoms with E-state index in [1.54, 1.807) is 13.0 Å². The van der Waals surface area contributed by atoms with Gasteiger partial charge >= 0.3 is 0 Å². The Morgan fingerprint density at radius 2 is 1.57 bits per heavy atom. The van der Waals surface area contributed by atoms with Crippen molar-refractivity contribution in [3.8, 4) is 0 Å². The second-order valence-corrected chi connectivity index (χ2v) is 6.14. The fraction of sp³-hybridized carbons (Fsp3) is 0.625. The van der Waals surface area contributed by atoms with Gasteiger partial charge in [-0.15, -0.1) is 0 Å². The van der Waals surface area contributed by atoms with Crippen LogP contribution in [0.5, 0.6) is 0 Å². The summed E-state index contributed by atoms with van der Waals surface area (Å²) in [5.74, 6) is 0. The van der Waals surface area contributed by atoms with Gasteiger partial charge in [-0.05, 0) is 39.8 Å². The fourth-order valence-electron chi connectivity index (χ4n) is 1.34. The highest BCUT2D eigenvalue weighted by atomic mass is 32.2. The van der Waals surface area contributed by atoms with Crippen LogP contribution in [0.15, 0.2) is 23.1 Å². The molecule has 1 aromatic carbocycles. The lowest BCUT2D eigenvalue weighted by atomic mass is 10.1. The van der Waals surface area contributed by atoms with Crippen molar-refractivity contribution in [3.63, 3.8) is 0 Å². The molecule has 0 bridgehead atoms. The van der Waals surface area contributed by atoms with Crippen molar-refractivity contribution in [3.05, 3.63) is 29.3 Å². The van der Waals surface area contributed by atoms with Gasteiger partial charge in [-0.3, -0.25) is 0 Å². The molecule has 5 heteroatoms. The first-order valence-electron chi connectivity index (χ1n) is 7.29. The Labute approximate surface area is 130 Å². The van der Waals surface area contributed by atoms with E-state index in [1.807, 2.05) is 48.5 Å². The lowest BCUT2D eigenvalue weighted by Gasteiger charge is -2.20. The number of benzene rings is 1. The number of alkyl halides is 2. The SMILES string of the molecule is CC.CC.Cc1ccc(S(=O)NC(C)(C)C)c(C(F)F)c1. The zero-order valence-electron chi connectivity index (χ0n) is 14.4. The van der Waals surface area contributed by atoms with Gasteiger partial charge in [0, 0.05) is 11.1 Å². The highest BCUT2D eigenvalue weighted by molar-refractivity contribution is 7.83.